The van der Waals surface area contributed by atoms with Gasteiger partial charge >= 0.3 is 7.71 Å². The second kappa shape index (κ2) is 1.78. The average Bonchev–Trinajstić information content (AvgIpc) is 1.84. The highest BCUT2D eigenvalue weighted by atomic mass is 32.4. The van der Waals surface area contributed by atoms with E-state index in [4.69, 9.17) is 9.59 Å². The molecule has 1 aliphatic rings. The zero-order valence-corrected chi connectivity index (χ0v) is 5.74. The molecule has 0 aromatic rings. The van der Waals surface area contributed by atoms with Crippen LogP contribution in [0.1, 0.15) is 6.42 Å². The highest BCUT2D eigenvalue weighted by Crippen LogP contribution is 2.28. The van der Waals surface area contributed by atoms with Crippen LogP contribution < -0.4 is 0 Å². The van der Waals surface area contributed by atoms with Gasteiger partial charge < -0.3 is 9.59 Å². The summed E-state index contributed by atoms with van der Waals surface area (Å²) in [6.07, 6.45) is 0.990. The van der Waals surface area contributed by atoms with Gasteiger partial charge in [-0.05, 0) is 12.2 Å². The van der Waals surface area contributed by atoms with Crippen LogP contribution in [-0.2, 0) is 0 Å². The molecule has 7 heavy (non-hydrogen) atoms. The van der Waals surface area contributed by atoms with E-state index in [2.05, 4.69) is 0 Å². The first-order valence-electron chi connectivity index (χ1n) is 2.29. The number of hydrogen-bond donors (Lipinski definition) is 2. The lowest BCUT2D eigenvalue weighted by atomic mass is 10.6. The van der Waals surface area contributed by atoms with Crippen LogP contribution >= 0.6 is 11.2 Å². The molecule has 0 atom stereocenters. The lowest BCUT2D eigenvalue weighted by molar-refractivity contribution is 0.396. The quantitative estimate of drug-likeness (QED) is 0.462. The molecule has 2 nitrogen and oxygen atoms in total. The molecule has 0 aromatic heterocycles. The second-order valence-electron chi connectivity index (χ2n) is 1.70. The smallest absolute Gasteiger partial charge is 0.400 e. The highest BCUT2D eigenvalue weighted by molar-refractivity contribution is 8.27. The predicted molar refractivity (Wildman–Crippen MR) is 32.1 cm³/mol. The molecule has 1 saturated heterocycles. The Kier molecular flexibility index (Phi) is 1.43. The van der Waals surface area contributed by atoms with Crippen molar-refractivity contribution in [2.45, 2.75) is 12.5 Å². The Morgan fingerprint density at radius 2 is 2.14 bits per heavy atom. The summed E-state index contributed by atoms with van der Waals surface area (Å²) in [5.41, 5.74) is 0. The topological polar surface area (TPSA) is 40.5 Å². The van der Waals surface area contributed by atoms with Crippen LogP contribution in [0.15, 0.2) is 0 Å². The first kappa shape index (κ1) is 5.62. The molecule has 42 valence electrons. The van der Waals surface area contributed by atoms with E-state index in [-0.39, 0.29) is 0 Å². The normalized spacial score (nSPS) is 28.3. The van der Waals surface area contributed by atoms with Gasteiger partial charge in [0.2, 0.25) is 0 Å². The van der Waals surface area contributed by atoms with Crippen molar-refractivity contribution in [2.24, 2.45) is 0 Å². The minimum absolute atomic E-state index is 0.664. The fourth-order valence-electron chi connectivity index (χ4n) is 0.610. The summed E-state index contributed by atoms with van der Waals surface area (Å²) in [6.45, 7) is 0. The maximum Gasteiger partial charge on any atom is 0.400 e. The van der Waals surface area contributed by atoms with Crippen molar-refractivity contribution < 1.29 is 9.59 Å². The first-order valence-corrected chi connectivity index (χ1v) is 6.11. The van der Waals surface area contributed by atoms with Crippen molar-refractivity contribution >= 4 is 18.9 Å². The standard InChI is InChI=1S/C3H8O2SSi/c4-7(5)3-1-2-6-7/h4-5H,1-3H2. The molecule has 0 spiro atoms. The maximum atomic E-state index is 8.85. The Morgan fingerprint density at radius 1 is 1.43 bits per heavy atom. The van der Waals surface area contributed by atoms with E-state index in [1.165, 1.54) is 11.2 Å². The van der Waals surface area contributed by atoms with E-state index >= 15 is 0 Å². The molecular weight excluding hydrogens is 128 g/mol. The second-order valence-corrected chi connectivity index (χ2v) is 7.21. The fourth-order valence-corrected chi connectivity index (χ4v) is 4.54. The van der Waals surface area contributed by atoms with Gasteiger partial charge in [0.05, 0.1) is 0 Å². The molecule has 0 amide bonds. The Morgan fingerprint density at radius 3 is 2.29 bits per heavy atom. The van der Waals surface area contributed by atoms with E-state index < -0.39 is 7.71 Å². The van der Waals surface area contributed by atoms with Crippen molar-refractivity contribution in [3.8, 4) is 0 Å². The zero-order valence-electron chi connectivity index (χ0n) is 3.92. The van der Waals surface area contributed by atoms with Gasteiger partial charge in [-0.25, -0.2) is 0 Å². The molecule has 0 unspecified atom stereocenters. The molecule has 0 radical (unpaired) electrons. The Balaban J connectivity index is 2.40. The molecule has 1 fully saturated rings. The van der Waals surface area contributed by atoms with Gasteiger partial charge in [-0.2, -0.15) is 0 Å². The lowest BCUT2D eigenvalue weighted by Crippen LogP contribution is -2.25. The SMILES string of the molecule is O[Si]1(O)CCCS1. The van der Waals surface area contributed by atoms with Gasteiger partial charge in [0.1, 0.15) is 0 Å². The van der Waals surface area contributed by atoms with Crippen LogP contribution in [0.5, 0.6) is 0 Å². The van der Waals surface area contributed by atoms with Gasteiger partial charge in [-0.15, -0.1) is 11.2 Å². The maximum absolute atomic E-state index is 8.85. The summed E-state index contributed by atoms with van der Waals surface area (Å²) in [7, 11) is -2.62. The third-order valence-electron chi connectivity index (χ3n) is 0.980. The van der Waals surface area contributed by atoms with Gasteiger partial charge in [0.25, 0.3) is 0 Å². The largest absolute Gasteiger partial charge is 0.403 e. The van der Waals surface area contributed by atoms with Crippen molar-refractivity contribution in [3.05, 3.63) is 0 Å². The first-order chi connectivity index (χ1) is 3.21. The van der Waals surface area contributed by atoms with Crippen LogP contribution in [0.2, 0.25) is 6.04 Å². The molecule has 0 aromatic carbocycles. The van der Waals surface area contributed by atoms with Gasteiger partial charge in [-0.3, -0.25) is 0 Å². The number of hydrogen-bond acceptors (Lipinski definition) is 3. The summed E-state index contributed by atoms with van der Waals surface area (Å²) in [5.74, 6) is 0.944. The Hall–Kier alpha value is 0.487. The van der Waals surface area contributed by atoms with Gasteiger partial charge in [0, 0.05) is 6.04 Å². The van der Waals surface area contributed by atoms with Crippen LogP contribution in [0.4, 0.5) is 0 Å². The summed E-state index contributed by atoms with van der Waals surface area (Å²) < 4.78 is 0. The monoisotopic (exact) mass is 136 g/mol. The molecule has 2 N–H and O–H groups in total. The van der Waals surface area contributed by atoms with E-state index in [1.54, 1.807) is 0 Å². The van der Waals surface area contributed by atoms with E-state index in [0.717, 1.165) is 12.2 Å². The summed E-state index contributed by atoms with van der Waals surface area (Å²) in [6, 6.07) is 0.664. The average molecular weight is 136 g/mol. The van der Waals surface area contributed by atoms with Crippen LogP contribution in [-0.4, -0.2) is 23.1 Å². The molecule has 1 rings (SSSR count). The van der Waals surface area contributed by atoms with E-state index in [0.29, 0.717) is 6.04 Å². The predicted octanol–water partition coefficient (Wildman–Crippen LogP) is 0.0468. The van der Waals surface area contributed by atoms with Crippen LogP contribution in [0, 0.1) is 0 Å². The minimum atomic E-state index is -2.62. The van der Waals surface area contributed by atoms with Crippen molar-refractivity contribution in [3.63, 3.8) is 0 Å². The Labute approximate surface area is 47.4 Å². The van der Waals surface area contributed by atoms with Gasteiger partial charge in [-0.1, -0.05) is 0 Å². The van der Waals surface area contributed by atoms with Crippen molar-refractivity contribution in [1.82, 2.24) is 0 Å². The van der Waals surface area contributed by atoms with Gasteiger partial charge in [0.15, 0.2) is 0 Å². The van der Waals surface area contributed by atoms with E-state index in [1.807, 2.05) is 0 Å². The lowest BCUT2D eigenvalue weighted by Gasteiger charge is -2.04. The van der Waals surface area contributed by atoms with Crippen LogP contribution in [0.3, 0.4) is 0 Å². The molecular formula is C3H8O2SSi. The van der Waals surface area contributed by atoms with Crippen LogP contribution in [0.25, 0.3) is 0 Å². The molecule has 0 aliphatic carbocycles. The minimum Gasteiger partial charge on any atom is -0.403 e. The fraction of sp³-hybridized carbons (Fsp3) is 1.00. The highest BCUT2D eigenvalue weighted by Gasteiger charge is 2.34. The zero-order chi connectivity index (χ0) is 5.33. The summed E-state index contributed by atoms with van der Waals surface area (Å²) in [5, 5.41) is 0. The summed E-state index contributed by atoms with van der Waals surface area (Å²) in [4.78, 5) is 17.7. The van der Waals surface area contributed by atoms with E-state index in [9.17, 15) is 0 Å². The molecule has 1 aliphatic heterocycles. The summed E-state index contributed by atoms with van der Waals surface area (Å²) >= 11 is 1.35. The number of rotatable bonds is 0. The molecule has 1 heterocycles. The third kappa shape index (κ3) is 1.45. The third-order valence-corrected chi connectivity index (χ3v) is 5.55. The molecule has 4 heteroatoms. The van der Waals surface area contributed by atoms with Crippen molar-refractivity contribution in [2.75, 3.05) is 5.75 Å². The molecule has 0 bridgehead atoms. The van der Waals surface area contributed by atoms with Crippen molar-refractivity contribution in [1.29, 1.82) is 0 Å². The Bertz CT molecular complexity index is 67.3. The molecule has 0 saturated carbocycles.